The van der Waals surface area contributed by atoms with Gasteiger partial charge in [0.25, 0.3) is 5.91 Å². The molecule has 0 unspecified atom stereocenters. The summed E-state index contributed by atoms with van der Waals surface area (Å²) in [7, 11) is 0. The Balaban J connectivity index is 2.09. The monoisotopic (exact) mass is 364 g/mol. The number of nitriles is 1. The average molecular weight is 364 g/mol. The molecule has 26 heavy (non-hydrogen) atoms. The Morgan fingerprint density at radius 2 is 1.85 bits per heavy atom. The van der Waals surface area contributed by atoms with E-state index in [2.05, 4.69) is 10.1 Å². The summed E-state index contributed by atoms with van der Waals surface area (Å²) in [6.07, 6.45) is -4.51. The highest BCUT2D eigenvalue weighted by Crippen LogP contribution is 2.25. The molecule has 1 amide bonds. The molecule has 2 aromatic rings. The molecule has 0 saturated heterocycles. The second-order valence-electron chi connectivity index (χ2n) is 5.14. The number of halogens is 3. The van der Waals surface area contributed by atoms with E-state index in [9.17, 15) is 18.0 Å². The number of rotatable bonds is 6. The van der Waals surface area contributed by atoms with Crippen molar-refractivity contribution >= 4 is 11.6 Å². The SMILES string of the molecule is CCOc1ccc(C(=O)Nc2ccc(OCC(F)(F)F)c(C#N)c2)cc1. The van der Waals surface area contributed by atoms with Gasteiger partial charge in [0.1, 0.15) is 17.6 Å². The molecule has 5 nitrogen and oxygen atoms in total. The van der Waals surface area contributed by atoms with Crippen LogP contribution in [0.2, 0.25) is 0 Å². The van der Waals surface area contributed by atoms with Gasteiger partial charge in [0, 0.05) is 11.3 Å². The summed E-state index contributed by atoms with van der Waals surface area (Å²) < 4.78 is 46.5. The van der Waals surface area contributed by atoms with Crippen molar-refractivity contribution in [2.24, 2.45) is 0 Å². The minimum Gasteiger partial charge on any atom is -0.494 e. The van der Waals surface area contributed by atoms with Crippen LogP contribution in [0.3, 0.4) is 0 Å². The summed E-state index contributed by atoms with van der Waals surface area (Å²) >= 11 is 0. The Morgan fingerprint density at radius 3 is 2.42 bits per heavy atom. The lowest BCUT2D eigenvalue weighted by molar-refractivity contribution is -0.153. The van der Waals surface area contributed by atoms with E-state index in [1.54, 1.807) is 30.3 Å². The molecule has 0 fully saturated rings. The Morgan fingerprint density at radius 1 is 1.15 bits per heavy atom. The molecule has 0 spiro atoms. The van der Waals surface area contributed by atoms with Crippen LogP contribution in [0.15, 0.2) is 42.5 Å². The van der Waals surface area contributed by atoms with Crippen LogP contribution in [0, 0.1) is 11.3 Å². The first-order valence-corrected chi connectivity index (χ1v) is 7.60. The van der Waals surface area contributed by atoms with E-state index in [1.165, 1.54) is 18.2 Å². The highest BCUT2D eigenvalue weighted by Gasteiger charge is 2.28. The summed E-state index contributed by atoms with van der Waals surface area (Å²) in [4.78, 5) is 12.2. The highest BCUT2D eigenvalue weighted by atomic mass is 19.4. The zero-order chi connectivity index (χ0) is 19.2. The molecule has 0 bridgehead atoms. The lowest BCUT2D eigenvalue weighted by Gasteiger charge is -2.12. The zero-order valence-corrected chi connectivity index (χ0v) is 13.8. The van der Waals surface area contributed by atoms with E-state index in [-0.39, 0.29) is 17.0 Å². The quantitative estimate of drug-likeness (QED) is 0.836. The highest BCUT2D eigenvalue weighted by molar-refractivity contribution is 6.04. The number of hydrogen-bond acceptors (Lipinski definition) is 4. The average Bonchev–Trinajstić information content (AvgIpc) is 2.60. The van der Waals surface area contributed by atoms with Crippen LogP contribution < -0.4 is 14.8 Å². The maximum Gasteiger partial charge on any atom is 0.422 e. The second kappa shape index (κ2) is 8.25. The molecule has 0 aliphatic carbocycles. The van der Waals surface area contributed by atoms with Crippen molar-refractivity contribution in [3.8, 4) is 17.6 Å². The molecule has 0 radical (unpaired) electrons. The van der Waals surface area contributed by atoms with Crippen LogP contribution in [0.1, 0.15) is 22.8 Å². The van der Waals surface area contributed by atoms with Gasteiger partial charge in [-0.2, -0.15) is 18.4 Å². The topological polar surface area (TPSA) is 71.3 Å². The molecule has 8 heteroatoms. The van der Waals surface area contributed by atoms with Gasteiger partial charge in [-0.25, -0.2) is 0 Å². The van der Waals surface area contributed by atoms with Gasteiger partial charge in [0.05, 0.1) is 12.2 Å². The van der Waals surface area contributed by atoms with E-state index in [0.717, 1.165) is 0 Å². The third-order valence-corrected chi connectivity index (χ3v) is 3.18. The van der Waals surface area contributed by atoms with E-state index in [4.69, 9.17) is 10.00 Å². The van der Waals surface area contributed by atoms with Crippen LogP contribution >= 0.6 is 0 Å². The van der Waals surface area contributed by atoms with Crippen LogP contribution in [0.25, 0.3) is 0 Å². The minimum absolute atomic E-state index is 0.112. The zero-order valence-electron chi connectivity index (χ0n) is 13.8. The first-order valence-electron chi connectivity index (χ1n) is 7.60. The number of nitrogens with zero attached hydrogens (tertiary/aromatic N) is 1. The minimum atomic E-state index is -4.51. The molecule has 0 saturated carbocycles. The van der Waals surface area contributed by atoms with Crippen molar-refractivity contribution in [2.45, 2.75) is 13.1 Å². The smallest absolute Gasteiger partial charge is 0.422 e. The number of hydrogen-bond donors (Lipinski definition) is 1. The molecule has 1 N–H and O–H groups in total. The molecular weight excluding hydrogens is 349 g/mol. The molecule has 0 atom stereocenters. The number of carbonyl (C=O) groups excluding carboxylic acids is 1. The van der Waals surface area contributed by atoms with Gasteiger partial charge in [0.15, 0.2) is 6.61 Å². The molecule has 0 aliphatic rings. The first-order chi connectivity index (χ1) is 12.3. The second-order valence-corrected chi connectivity index (χ2v) is 5.14. The molecule has 2 aromatic carbocycles. The number of benzene rings is 2. The third kappa shape index (κ3) is 5.41. The number of carbonyl (C=O) groups is 1. The fraction of sp³-hybridized carbons (Fsp3) is 0.222. The first kappa shape index (κ1) is 19.1. The van der Waals surface area contributed by atoms with Crippen molar-refractivity contribution in [1.82, 2.24) is 0 Å². The summed E-state index contributed by atoms with van der Waals surface area (Å²) in [5, 5.41) is 11.6. The fourth-order valence-corrected chi connectivity index (χ4v) is 2.05. The number of ether oxygens (including phenoxy) is 2. The van der Waals surface area contributed by atoms with E-state index in [1.807, 2.05) is 6.92 Å². The van der Waals surface area contributed by atoms with Crippen LogP contribution in [-0.4, -0.2) is 25.3 Å². The summed E-state index contributed by atoms with van der Waals surface area (Å²) in [6, 6.07) is 12.0. The number of amides is 1. The largest absolute Gasteiger partial charge is 0.494 e. The van der Waals surface area contributed by atoms with Crippen molar-refractivity contribution in [3.05, 3.63) is 53.6 Å². The normalized spacial score (nSPS) is 10.7. The van der Waals surface area contributed by atoms with Gasteiger partial charge in [-0.3, -0.25) is 4.79 Å². The number of anilines is 1. The Kier molecular flexibility index (Phi) is 6.07. The van der Waals surface area contributed by atoms with Gasteiger partial charge in [-0.1, -0.05) is 0 Å². The molecule has 0 aliphatic heterocycles. The third-order valence-electron chi connectivity index (χ3n) is 3.18. The summed E-state index contributed by atoms with van der Waals surface area (Å²) in [5.41, 5.74) is 0.517. The maximum absolute atomic E-state index is 12.2. The van der Waals surface area contributed by atoms with E-state index < -0.39 is 18.7 Å². The Hall–Kier alpha value is -3.21. The van der Waals surface area contributed by atoms with Crippen LogP contribution in [0.4, 0.5) is 18.9 Å². The summed E-state index contributed by atoms with van der Waals surface area (Å²) in [5.74, 6) is -0.00762. The van der Waals surface area contributed by atoms with Gasteiger partial charge < -0.3 is 14.8 Å². The van der Waals surface area contributed by atoms with Crippen molar-refractivity contribution in [3.63, 3.8) is 0 Å². The van der Waals surface area contributed by atoms with Crippen LogP contribution in [-0.2, 0) is 0 Å². The number of alkyl halides is 3. The predicted molar refractivity (Wildman–Crippen MR) is 88.3 cm³/mol. The molecule has 0 aromatic heterocycles. The maximum atomic E-state index is 12.2. The Bertz CT molecular complexity index is 812. The van der Waals surface area contributed by atoms with Gasteiger partial charge in [-0.05, 0) is 49.4 Å². The molecule has 0 heterocycles. The van der Waals surface area contributed by atoms with E-state index >= 15 is 0 Å². The number of nitrogens with one attached hydrogen (secondary N) is 1. The standard InChI is InChI=1S/C18H15F3N2O3/c1-2-25-15-6-3-12(4-7-15)17(24)23-14-5-8-16(13(9-14)10-22)26-11-18(19,20)21/h3-9H,2,11H2,1H3,(H,23,24). The lowest BCUT2D eigenvalue weighted by Crippen LogP contribution is -2.19. The molecular formula is C18H15F3N2O3. The van der Waals surface area contributed by atoms with Crippen molar-refractivity contribution in [1.29, 1.82) is 5.26 Å². The Labute approximate surface area is 148 Å². The van der Waals surface area contributed by atoms with Gasteiger partial charge >= 0.3 is 6.18 Å². The van der Waals surface area contributed by atoms with Gasteiger partial charge in [0.2, 0.25) is 0 Å². The fourth-order valence-electron chi connectivity index (χ4n) is 2.05. The molecule has 2 rings (SSSR count). The lowest BCUT2D eigenvalue weighted by atomic mass is 10.1. The van der Waals surface area contributed by atoms with E-state index in [0.29, 0.717) is 17.9 Å². The predicted octanol–water partition coefficient (Wildman–Crippen LogP) is 4.15. The van der Waals surface area contributed by atoms with Crippen LogP contribution in [0.5, 0.6) is 11.5 Å². The summed E-state index contributed by atoms with van der Waals surface area (Å²) in [6.45, 7) is 0.848. The van der Waals surface area contributed by atoms with Crippen molar-refractivity contribution in [2.75, 3.05) is 18.5 Å². The van der Waals surface area contributed by atoms with Crippen molar-refractivity contribution < 1.29 is 27.4 Å². The van der Waals surface area contributed by atoms with Gasteiger partial charge in [-0.15, -0.1) is 0 Å². The molecule has 136 valence electrons.